The number of para-hydroxylation sites is 1. The molecule has 1 aromatic carbocycles. The van der Waals surface area contributed by atoms with Crippen LogP contribution in [-0.2, 0) is 4.79 Å². The Morgan fingerprint density at radius 2 is 1.65 bits per heavy atom. The molecule has 1 unspecified atom stereocenters. The van der Waals surface area contributed by atoms with Gasteiger partial charge in [-0.25, -0.2) is 0 Å². The van der Waals surface area contributed by atoms with Gasteiger partial charge in [-0.2, -0.15) is 0 Å². The van der Waals surface area contributed by atoms with Gasteiger partial charge in [0.05, 0.1) is 0 Å². The lowest BCUT2D eigenvalue weighted by Gasteiger charge is -2.36. The van der Waals surface area contributed by atoms with Crippen LogP contribution < -0.4 is 4.90 Å². The fraction of sp³-hybridized carbons (Fsp3) is 0.667. The first-order chi connectivity index (χ1) is 11.0. The van der Waals surface area contributed by atoms with Gasteiger partial charge in [0.15, 0.2) is 0 Å². The van der Waals surface area contributed by atoms with Gasteiger partial charge >= 0.3 is 0 Å². The summed E-state index contributed by atoms with van der Waals surface area (Å²) in [6, 6.07) is 10.5. The number of anilines is 1. The third kappa shape index (κ3) is 6.76. The molecule has 130 valence electrons. The number of hydrogen-bond donors (Lipinski definition) is 0. The molecule has 0 aliphatic rings. The molecule has 2 heteroatoms. The minimum absolute atomic E-state index is 0.274. The summed E-state index contributed by atoms with van der Waals surface area (Å²) in [6.45, 7) is 11.1. The summed E-state index contributed by atoms with van der Waals surface area (Å²) in [6.07, 6.45) is 6.30. The molecule has 23 heavy (non-hydrogen) atoms. The SMILES string of the molecule is CCCCCCC(=O)N(c1ccccc1)C(CC(C)C)C(C)C. The highest BCUT2D eigenvalue weighted by atomic mass is 16.2. The van der Waals surface area contributed by atoms with Gasteiger partial charge in [-0.05, 0) is 36.8 Å². The van der Waals surface area contributed by atoms with E-state index in [4.69, 9.17) is 0 Å². The van der Waals surface area contributed by atoms with Crippen LogP contribution in [0.15, 0.2) is 30.3 Å². The highest BCUT2D eigenvalue weighted by molar-refractivity contribution is 5.94. The lowest BCUT2D eigenvalue weighted by molar-refractivity contribution is -0.119. The van der Waals surface area contributed by atoms with Crippen LogP contribution in [0.3, 0.4) is 0 Å². The molecular weight excluding hydrogens is 282 g/mol. The van der Waals surface area contributed by atoms with E-state index in [1.807, 2.05) is 18.2 Å². The van der Waals surface area contributed by atoms with Crippen molar-refractivity contribution in [3.05, 3.63) is 30.3 Å². The Kier molecular flexibility index (Phi) is 8.98. The number of nitrogens with zero attached hydrogens (tertiary/aromatic N) is 1. The van der Waals surface area contributed by atoms with E-state index >= 15 is 0 Å². The number of unbranched alkanes of at least 4 members (excludes halogenated alkanes) is 3. The summed E-state index contributed by atoms with van der Waals surface area (Å²) in [7, 11) is 0. The maximum atomic E-state index is 13.0. The van der Waals surface area contributed by atoms with Gasteiger partial charge in [0.25, 0.3) is 0 Å². The van der Waals surface area contributed by atoms with E-state index in [0.29, 0.717) is 18.3 Å². The molecule has 2 nitrogen and oxygen atoms in total. The minimum atomic E-state index is 0.274. The predicted molar refractivity (Wildman–Crippen MR) is 101 cm³/mol. The molecule has 0 spiro atoms. The van der Waals surface area contributed by atoms with Gasteiger partial charge in [0.1, 0.15) is 0 Å². The summed E-state index contributed by atoms with van der Waals surface area (Å²) >= 11 is 0. The average molecular weight is 318 g/mol. The van der Waals surface area contributed by atoms with E-state index in [1.54, 1.807) is 0 Å². The van der Waals surface area contributed by atoms with Crippen molar-refractivity contribution in [3.63, 3.8) is 0 Å². The number of amides is 1. The standard InChI is InChI=1S/C21H35NO/c1-6-7-8-12-15-21(23)22(19-13-10-9-11-14-19)20(18(4)5)16-17(2)3/h9-11,13-14,17-18,20H,6-8,12,15-16H2,1-5H3. The molecule has 0 aliphatic heterocycles. The molecule has 1 amide bonds. The quantitative estimate of drug-likeness (QED) is 0.480. The molecule has 0 aliphatic carbocycles. The zero-order valence-electron chi connectivity index (χ0n) is 15.7. The van der Waals surface area contributed by atoms with Gasteiger partial charge < -0.3 is 4.90 Å². The first-order valence-electron chi connectivity index (χ1n) is 9.34. The van der Waals surface area contributed by atoms with Crippen molar-refractivity contribution in [3.8, 4) is 0 Å². The second-order valence-electron chi connectivity index (χ2n) is 7.35. The third-order valence-electron chi connectivity index (χ3n) is 4.36. The Bertz CT molecular complexity index is 438. The van der Waals surface area contributed by atoms with E-state index in [2.05, 4.69) is 51.7 Å². The van der Waals surface area contributed by atoms with Crippen LogP contribution >= 0.6 is 0 Å². The van der Waals surface area contributed by atoms with Crippen LogP contribution in [0.5, 0.6) is 0 Å². The monoisotopic (exact) mass is 317 g/mol. The van der Waals surface area contributed by atoms with Crippen LogP contribution in [0, 0.1) is 11.8 Å². The fourth-order valence-electron chi connectivity index (χ4n) is 3.09. The van der Waals surface area contributed by atoms with E-state index in [-0.39, 0.29) is 11.9 Å². The first kappa shape index (κ1) is 19.7. The zero-order chi connectivity index (χ0) is 17.2. The maximum absolute atomic E-state index is 13.0. The molecule has 0 saturated heterocycles. The van der Waals surface area contributed by atoms with Crippen molar-refractivity contribution in [2.45, 2.75) is 79.2 Å². The van der Waals surface area contributed by atoms with Crippen molar-refractivity contribution >= 4 is 11.6 Å². The molecule has 0 radical (unpaired) electrons. The fourth-order valence-corrected chi connectivity index (χ4v) is 3.09. The third-order valence-corrected chi connectivity index (χ3v) is 4.36. The predicted octanol–water partition coefficient (Wildman–Crippen LogP) is 6.06. The van der Waals surface area contributed by atoms with Gasteiger partial charge in [-0.15, -0.1) is 0 Å². The minimum Gasteiger partial charge on any atom is -0.309 e. The summed E-state index contributed by atoms with van der Waals surface area (Å²) < 4.78 is 0. The normalized spacial score (nSPS) is 12.7. The molecule has 0 bridgehead atoms. The summed E-state index contributed by atoms with van der Waals surface area (Å²) in [5.74, 6) is 1.32. The Morgan fingerprint density at radius 1 is 1.00 bits per heavy atom. The van der Waals surface area contributed by atoms with E-state index in [1.165, 1.54) is 12.8 Å². The largest absolute Gasteiger partial charge is 0.309 e. The number of benzene rings is 1. The average Bonchev–Trinajstić information content (AvgIpc) is 2.51. The van der Waals surface area contributed by atoms with Crippen molar-refractivity contribution < 1.29 is 4.79 Å². The lowest BCUT2D eigenvalue weighted by atomic mass is 9.92. The molecule has 1 atom stereocenters. The maximum Gasteiger partial charge on any atom is 0.227 e. The highest BCUT2D eigenvalue weighted by Gasteiger charge is 2.27. The van der Waals surface area contributed by atoms with Crippen molar-refractivity contribution in [2.24, 2.45) is 11.8 Å². The Balaban J connectivity index is 2.94. The van der Waals surface area contributed by atoms with Gasteiger partial charge in [-0.3, -0.25) is 4.79 Å². The summed E-state index contributed by atoms with van der Waals surface area (Å²) in [5, 5.41) is 0. The van der Waals surface area contributed by atoms with Gasteiger partial charge in [0, 0.05) is 18.2 Å². The van der Waals surface area contributed by atoms with Crippen LogP contribution in [0.1, 0.15) is 73.1 Å². The van der Waals surface area contributed by atoms with E-state index < -0.39 is 0 Å². The Morgan fingerprint density at radius 3 is 2.17 bits per heavy atom. The second-order valence-corrected chi connectivity index (χ2v) is 7.35. The smallest absolute Gasteiger partial charge is 0.227 e. The Hall–Kier alpha value is -1.31. The van der Waals surface area contributed by atoms with Gasteiger partial charge in [-0.1, -0.05) is 72.1 Å². The van der Waals surface area contributed by atoms with Gasteiger partial charge in [0.2, 0.25) is 5.91 Å². The van der Waals surface area contributed by atoms with E-state index in [0.717, 1.165) is 24.9 Å². The van der Waals surface area contributed by atoms with Crippen molar-refractivity contribution in [2.75, 3.05) is 4.90 Å². The Labute approximate surface area is 143 Å². The molecule has 1 aromatic rings. The van der Waals surface area contributed by atoms with E-state index in [9.17, 15) is 4.79 Å². The van der Waals surface area contributed by atoms with Crippen LogP contribution in [0.25, 0.3) is 0 Å². The molecule has 0 N–H and O–H groups in total. The van der Waals surface area contributed by atoms with Crippen LogP contribution in [0.4, 0.5) is 5.69 Å². The van der Waals surface area contributed by atoms with Crippen molar-refractivity contribution in [1.82, 2.24) is 0 Å². The lowest BCUT2D eigenvalue weighted by Crippen LogP contribution is -2.44. The molecule has 0 saturated carbocycles. The first-order valence-corrected chi connectivity index (χ1v) is 9.34. The molecule has 1 rings (SSSR count). The second kappa shape index (κ2) is 10.5. The molecule has 0 aromatic heterocycles. The number of carbonyl (C=O) groups excluding carboxylic acids is 1. The topological polar surface area (TPSA) is 20.3 Å². The summed E-state index contributed by atoms with van der Waals surface area (Å²) in [4.78, 5) is 15.0. The van der Waals surface area contributed by atoms with Crippen LogP contribution in [-0.4, -0.2) is 11.9 Å². The number of rotatable bonds is 10. The number of carbonyl (C=O) groups is 1. The molecule has 0 heterocycles. The molecular formula is C21H35NO. The number of hydrogen-bond acceptors (Lipinski definition) is 1. The summed E-state index contributed by atoms with van der Waals surface area (Å²) in [5.41, 5.74) is 1.05. The zero-order valence-corrected chi connectivity index (χ0v) is 15.7. The van der Waals surface area contributed by atoms with Crippen LogP contribution in [0.2, 0.25) is 0 Å². The highest BCUT2D eigenvalue weighted by Crippen LogP contribution is 2.27. The van der Waals surface area contributed by atoms with Crippen molar-refractivity contribution in [1.29, 1.82) is 0 Å². The molecule has 0 fully saturated rings.